The molecule has 0 fully saturated rings. The summed E-state index contributed by atoms with van der Waals surface area (Å²) in [6.07, 6.45) is 1.01. The summed E-state index contributed by atoms with van der Waals surface area (Å²) in [5.41, 5.74) is 4.69. The zero-order valence-corrected chi connectivity index (χ0v) is 12.5. The first-order valence-corrected chi connectivity index (χ1v) is 7.63. The van der Waals surface area contributed by atoms with E-state index in [0.717, 1.165) is 6.42 Å². The molecule has 2 atom stereocenters. The lowest BCUT2D eigenvalue weighted by molar-refractivity contribution is -0.444. The second-order valence-corrected chi connectivity index (χ2v) is 5.70. The van der Waals surface area contributed by atoms with Crippen LogP contribution in [0.2, 0.25) is 0 Å². The minimum Gasteiger partial charge on any atom is -0.410 e. The fourth-order valence-electron chi connectivity index (χ4n) is 1.71. The van der Waals surface area contributed by atoms with Crippen LogP contribution in [0.3, 0.4) is 0 Å². The number of quaternary nitrogens is 1. The monoisotopic (exact) mass is 296 g/mol. The number of hydrogen-bond donors (Lipinski definition) is 1. The van der Waals surface area contributed by atoms with E-state index < -0.39 is 0 Å². The summed E-state index contributed by atoms with van der Waals surface area (Å²) >= 11 is 1.34. The Morgan fingerprint density at radius 1 is 1.35 bits per heavy atom. The summed E-state index contributed by atoms with van der Waals surface area (Å²) < 4.78 is 19.1. The van der Waals surface area contributed by atoms with Gasteiger partial charge in [0.05, 0.1) is 0 Å². The van der Waals surface area contributed by atoms with Crippen molar-refractivity contribution in [1.29, 1.82) is 0 Å². The zero-order valence-electron chi connectivity index (χ0n) is 11.7. The van der Waals surface area contributed by atoms with Crippen LogP contribution in [0.15, 0.2) is 33.9 Å². The summed E-state index contributed by atoms with van der Waals surface area (Å²) in [5.74, 6) is 1.20. The second kappa shape index (κ2) is 6.85. The van der Waals surface area contributed by atoms with Crippen molar-refractivity contribution in [1.82, 2.24) is 10.2 Å². The maximum Gasteiger partial charge on any atom is 0.277 e. The molecule has 0 saturated carbocycles. The molecule has 0 spiro atoms. The van der Waals surface area contributed by atoms with Gasteiger partial charge in [-0.15, -0.1) is 10.2 Å². The van der Waals surface area contributed by atoms with Gasteiger partial charge in [-0.3, -0.25) is 0 Å². The molecule has 6 heteroatoms. The Morgan fingerprint density at radius 2 is 2.10 bits per heavy atom. The summed E-state index contributed by atoms with van der Waals surface area (Å²) in [6.45, 7) is 4.21. The molecule has 20 heavy (non-hydrogen) atoms. The summed E-state index contributed by atoms with van der Waals surface area (Å²) in [5, 5.41) is 8.47. The van der Waals surface area contributed by atoms with Crippen LogP contribution < -0.4 is 5.73 Å². The van der Waals surface area contributed by atoms with E-state index in [2.05, 4.69) is 29.8 Å². The Kier molecular flexibility index (Phi) is 5.14. The largest absolute Gasteiger partial charge is 0.410 e. The van der Waals surface area contributed by atoms with Gasteiger partial charge < -0.3 is 10.2 Å². The van der Waals surface area contributed by atoms with Crippen LogP contribution in [0.25, 0.3) is 0 Å². The van der Waals surface area contributed by atoms with Crippen molar-refractivity contribution in [2.24, 2.45) is 5.92 Å². The minimum absolute atomic E-state index is 0.00434. The van der Waals surface area contributed by atoms with Gasteiger partial charge in [-0.1, -0.05) is 43.8 Å². The first-order chi connectivity index (χ1) is 9.61. The number of hydrogen-bond acceptors (Lipinski definition) is 4. The topological polar surface area (TPSA) is 66.6 Å². The fraction of sp³-hybridized carbons (Fsp3) is 0.429. The lowest BCUT2D eigenvalue weighted by Crippen LogP contribution is -2.56. The molecule has 2 aromatic rings. The molecule has 1 aromatic carbocycles. The maximum absolute atomic E-state index is 13.5. The number of thioether (sulfide) groups is 1. The molecule has 2 rings (SSSR count). The van der Waals surface area contributed by atoms with E-state index in [9.17, 15) is 4.39 Å². The Bertz CT molecular complexity index is 561. The van der Waals surface area contributed by atoms with E-state index in [1.807, 2.05) is 6.07 Å². The van der Waals surface area contributed by atoms with Gasteiger partial charge in [0.1, 0.15) is 5.82 Å². The normalized spacial score (nSPS) is 14.2. The van der Waals surface area contributed by atoms with E-state index in [1.54, 1.807) is 12.1 Å². The highest BCUT2D eigenvalue weighted by Gasteiger charge is 2.23. The molecule has 0 aliphatic heterocycles. The molecule has 108 valence electrons. The van der Waals surface area contributed by atoms with Gasteiger partial charge >= 0.3 is 0 Å². The summed E-state index contributed by atoms with van der Waals surface area (Å²) in [7, 11) is 0. The van der Waals surface area contributed by atoms with E-state index >= 15 is 0 Å². The summed E-state index contributed by atoms with van der Waals surface area (Å²) in [4.78, 5) is 0. The molecule has 1 heterocycles. The molecule has 0 aliphatic carbocycles. The average Bonchev–Trinajstić information content (AvgIpc) is 2.93. The van der Waals surface area contributed by atoms with Gasteiger partial charge in [-0.25, -0.2) is 4.39 Å². The van der Waals surface area contributed by atoms with E-state index in [4.69, 9.17) is 4.42 Å². The average molecular weight is 296 g/mol. The molecule has 0 saturated heterocycles. The van der Waals surface area contributed by atoms with Crippen molar-refractivity contribution in [3.05, 3.63) is 41.5 Å². The lowest BCUT2D eigenvalue weighted by Gasteiger charge is -2.09. The zero-order chi connectivity index (χ0) is 14.5. The highest BCUT2D eigenvalue weighted by molar-refractivity contribution is 7.98. The Hall–Kier alpha value is -1.40. The van der Waals surface area contributed by atoms with Gasteiger partial charge in [0.15, 0.2) is 6.04 Å². The van der Waals surface area contributed by atoms with Crippen molar-refractivity contribution in [3.63, 3.8) is 0 Å². The number of rotatable bonds is 6. The molecule has 3 N–H and O–H groups in total. The van der Waals surface area contributed by atoms with Crippen LogP contribution in [0, 0.1) is 11.7 Å². The van der Waals surface area contributed by atoms with Crippen molar-refractivity contribution < 1.29 is 14.5 Å². The Labute approximate surface area is 122 Å². The van der Waals surface area contributed by atoms with Gasteiger partial charge in [0, 0.05) is 11.7 Å². The Balaban J connectivity index is 1.98. The number of benzene rings is 1. The SMILES string of the molecule is CC[C@@H](C)[C@H]([NH3+])c1nnc(SCc2ccccc2F)o1. The van der Waals surface area contributed by atoms with Crippen LogP contribution in [-0.2, 0) is 5.75 Å². The van der Waals surface area contributed by atoms with Crippen LogP contribution in [0.1, 0.15) is 37.8 Å². The predicted octanol–water partition coefficient (Wildman–Crippen LogP) is 2.83. The van der Waals surface area contributed by atoms with Gasteiger partial charge in [0.25, 0.3) is 11.1 Å². The molecule has 1 aromatic heterocycles. The lowest BCUT2D eigenvalue weighted by atomic mass is 10.0. The molecule has 0 radical (unpaired) electrons. The van der Waals surface area contributed by atoms with Gasteiger partial charge in [0.2, 0.25) is 0 Å². The van der Waals surface area contributed by atoms with Crippen LogP contribution in [0.5, 0.6) is 0 Å². The third-order valence-corrected chi connectivity index (χ3v) is 4.25. The highest BCUT2D eigenvalue weighted by Crippen LogP contribution is 2.26. The molecule has 0 unspecified atom stereocenters. The summed E-state index contributed by atoms with van der Waals surface area (Å²) in [6, 6.07) is 6.68. The van der Waals surface area contributed by atoms with Crippen molar-refractivity contribution in [2.45, 2.75) is 37.3 Å². The molecule has 4 nitrogen and oxygen atoms in total. The van der Waals surface area contributed by atoms with Crippen molar-refractivity contribution >= 4 is 11.8 Å². The van der Waals surface area contributed by atoms with E-state index in [1.165, 1.54) is 17.8 Å². The second-order valence-electron chi connectivity index (χ2n) is 4.78. The molecule has 0 aliphatic rings. The third-order valence-electron chi connectivity index (χ3n) is 3.38. The highest BCUT2D eigenvalue weighted by atomic mass is 32.2. The van der Waals surface area contributed by atoms with Crippen molar-refractivity contribution in [3.8, 4) is 0 Å². The van der Waals surface area contributed by atoms with Crippen molar-refractivity contribution in [2.75, 3.05) is 0 Å². The van der Waals surface area contributed by atoms with Crippen LogP contribution in [0.4, 0.5) is 4.39 Å². The fourth-order valence-corrected chi connectivity index (χ4v) is 2.47. The molecular formula is C14H19FN3OS+. The number of aromatic nitrogens is 2. The van der Waals surface area contributed by atoms with E-state index in [-0.39, 0.29) is 11.9 Å². The minimum atomic E-state index is -0.214. The molecule has 0 bridgehead atoms. The third kappa shape index (κ3) is 3.58. The number of halogens is 1. The molecular weight excluding hydrogens is 277 g/mol. The first-order valence-electron chi connectivity index (χ1n) is 6.64. The maximum atomic E-state index is 13.5. The first kappa shape index (κ1) is 15.0. The number of nitrogens with zero attached hydrogens (tertiary/aromatic N) is 2. The standard InChI is InChI=1S/C14H18FN3OS/c1-3-9(2)12(16)13-17-18-14(19-13)20-8-10-6-4-5-7-11(10)15/h4-7,9,12H,3,8,16H2,1-2H3/p+1/t9-,12+/m1/s1. The van der Waals surface area contributed by atoms with Gasteiger partial charge in [-0.05, 0) is 18.1 Å². The van der Waals surface area contributed by atoms with Crippen LogP contribution in [-0.4, -0.2) is 10.2 Å². The Morgan fingerprint density at radius 3 is 2.80 bits per heavy atom. The van der Waals surface area contributed by atoms with Gasteiger partial charge in [-0.2, -0.15) is 0 Å². The van der Waals surface area contributed by atoms with Crippen LogP contribution >= 0.6 is 11.8 Å². The smallest absolute Gasteiger partial charge is 0.277 e. The predicted molar refractivity (Wildman–Crippen MR) is 75.3 cm³/mol. The molecule has 0 amide bonds. The van der Waals surface area contributed by atoms with E-state index in [0.29, 0.717) is 28.3 Å². The quantitative estimate of drug-likeness (QED) is 0.832.